The maximum absolute atomic E-state index is 12.0. The third kappa shape index (κ3) is 6.03. The molecule has 7 nitrogen and oxygen atoms in total. The zero-order chi connectivity index (χ0) is 22.3. The first-order valence-electron chi connectivity index (χ1n) is 10.8. The van der Waals surface area contributed by atoms with Crippen LogP contribution in [0, 0.1) is 0 Å². The minimum Gasteiger partial charge on any atom is -0.494 e. The number of rotatable bonds is 9. The number of thiazole rings is 1. The molecule has 170 valence electrons. The molecule has 1 aliphatic rings. The van der Waals surface area contributed by atoms with Gasteiger partial charge in [-0.3, -0.25) is 9.69 Å². The smallest absolute Gasteiger partial charge is 0.257 e. The summed E-state index contributed by atoms with van der Waals surface area (Å²) in [5.41, 5.74) is 1.01. The molecule has 3 aromatic rings. The molecule has 1 aromatic heterocycles. The van der Waals surface area contributed by atoms with Crippen molar-refractivity contribution in [2.75, 3.05) is 57.4 Å². The van der Waals surface area contributed by atoms with E-state index < -0.39 is 0 Å². The lowest BCUT2D eigenvalue weighted by molar-refractivity contribution is -0.123. The van der Waals surface area contributed by atoms with E-state index in [1.807, 2.05) is 19.1 Å². The minimum atomic E-state index is -0.125. The molecule has 32 heavy (non-hydrogen) atoms. The van der Waals surface area contributed by atoms with Crippen LogP contribution in [-0.2, 0) is 4.79 Å². The predicted molar refractivity (Wildman–Crippen MR) is 129 cm³/mol. The van der Waals surface area contributed by atoms with Gasteiger partial charge in [0.05, 0.1) is 16.8 Å². The van der Waals surface area contributed by atoms with Crippen LogP contribution in [0.1, 0.15) is 6.92 Å². The van der Waals surface area contributed by atoms with Gasteiger partial charge >= 0.3 is 0 Å². The Labute approximate surface area is 196 Å². The number of hydrogen-bond acceptors (Lipinski definition) is 7. The summed E-state index contributed by atoms with van der Waals surface area (Å²) in [4.78, 5) is 21.5. The molecular weight excluding hydrogens is 448 g/mol. The highest BCUT2D eigenvalue weighted by molar-refractivity contribution is 7.22. The van der Waals surface area contributed by atoms with Crippen LogP contribution in [-0.4, -0.2) is 68.3 Å². The number of fused-ring (bicyclic) bond motifs is 1. The van der Waals surface area contributed by atoms with Crippen LogP contribution in [0.5, 0.6) is 11.5 Å². The Hall–Kier alpha value is -2.55. The van der Waals surface area contributed by atoms with Gasteiger partial charge in [0, 0.05) is 44.3 Å². The van der Waals surface area contributed by atoms with Crippen LogP contribution in [0.4, 0.5) is 5.13 Å². The van der Waals surface area contributed by atoms with Crippen LogP contribution in [0.2, 0.25) is 5.02 Å². The molecule has 0 unspecified atom stereocenters. The van der Waals surface area contributed by atoms with Gasteiger partial charge in [-0.1, -0.05) is 22.9 Å². The first kappa shape index (κ1) is 22.6. The molecule has 0 spiro atoms. The Morgan fingerprint density at radius 3 is 2.59 bits per heavy atom. The molecule has 1 N–H and O–H groups in total. The number of nitrogens with zero attached hydrogens (tertiary/aromatic N) is 3. The predicted octanol–water partition coefficient (Wildman–Crippen LogP) is 3.67. The molecule has 2 aromatic carbocycles. The molecule has 9 heteroatoms. The number of hydrogen-bond donors (Lipinski definition) is 1. The Morgan fingerprint density at radius 2 is 1.84 bits per heavy atom. The molecule has 1 aliphatic heterocycles. The number of benzene rings is 2. The fourth-order valence-corrected chi connectivity index (χ4v) is 4.70. The number of carbonyl (C=O) groups excluding carboxylic acids is 1. The number of halogens is 1. The molecule has 4 rings (SSSR count). The van der Waals surface area contributed by atoms with Crippen molar-refractivity contribution in [1.29, 1.82) is 0 Å². The maximum atomic E-state index is 12.0. The third-order valence-electron chi connectivity index (χ3n) is 5.24. The Morgan fingerprint density at radius 1 is 1.09 bits per heavy atom. The van der Waals surface area contributed by atoms with Gasteiger partial charge in [0.2, 0.25) is 0 Å². The van der Waals surface area contributed by atoms with Gasteiger partial charge in [0.25, 0.3) is 5.91 Å². The SMILES string of the molecule is CCOc1ccc2nc(N3CCN(CCNC(=O)COc4ccc(Cl)cc4)CC3)sc2c1. The van der Waals surface area contributed by atoms with Gasteiger partial charge in [0.1, 0.15) is 11.5 Å². The second kappa shape index (κ2) is 10.8. The third-order valence-corrected chi connectivity index (χ3v) is 6.57. The Bertz CT molecular complexity index is 1040. The number of anilines is 1. The van der Waals surface area contributed by atoms with Crippen molar-refractivity contribution in [3.05, 3.63) is 47.5 Å². The normalized spacial score (nSPS) is 14.5. The summed E-state index contributed by atoms with van der Waals surface area (Å²) >= 11 is 7.55. The standard InChI is InChI=1S/C23H27ClN4O3S/c1-2-30-19-7-8-20-21(15-19)32-23(26-20)28-13-11-27(12-14-28)10-9-25-22(29)16-31-18-5-3-17(24)4-6-18/h3-8,15H,2,9-14,16H2,1H3,(H,25,29). The zero-order valence-corrected chi connectivity index (χ0v) is 19.6. The van der Waals surface area contributed by atoms with E-state index in [0.717, 1.165) is 53.8 Å². The highest BCUT2D eigenvalue weighted by Crippen LogP contribution is 2.31. The van der Waals surface area contributed by atoms with Crippen molar-refractivity contribution in [2.24, 2.45) is 0 Å². The Balaban J connectivity index is 1.17. The summed E-state index contributed by atoms with van der Waals surface area (Å²) < 4.78 is 12.2. The monoisotopic (exact) mass is 474 g/mol. The van der Waals surface area contributed by atoms with Gasteiger partial charge in [-0.15, -0.1) is 0 Å². The lowest BCUT2D eigenvalue weighted by Crippen LogP contribution is -2.48. The number of aromatic nitrogens is 1. The molecular formula is C23H27ClN4O3S. The van der Waals surface area contributed by atoms with Crippen molar-refractivity contribution in [3.8, 4) is 11.5 Å². The largest absolute Gasteiger partial charge is 0.494 e. The summed E-state index contributed by atoms with van der Waals surface area (Å²) in [6.45, 7) is 7.80. The average Bonchev–Trinajstić information content (AvgIpc) is 3.23. The molecule has 0 bridgehead atoms. The molecule has 2 heterocycles. The van der Waals surface area contributed by atoms with Crippen LogP contribution >= 0.6 is 22.9 Å². The molecule has 0 saturated carbocycles. The minimum absolute atomic E-state index is 0.00196. The number of carbonyl (C=O) groups is 1. The van der Waals surface area contributed by atoms with E-state index in [2.05, 4.69) is 21.2 Å². The first-order valence-corrected chi connectivity index (χ1v) is 12.0. The summed E-state index contributed by atoms with van der Waals surface area (Å²) in [6, 6.07) is 13.0. The fraction of sp³-hybridized carbons (Fsp3) is 0.391. The molecule has 0 atom stereocenters. The molecule has 1 amide bonds. The molecule has 0 radical (unpaired) electrons. The van der Waals surface area contributed by atoms with Gasteiger partial charge in [0.15, 0.2) is 11.7 Å². The summed E-state index contributed by atoms with van der Waals surface area (Å²) in [5.74, 6) is 1.39. The molecule has 1 fully saturated rings. The van der Waals surface area contributed by atoms with Gasteiger partial charge < -0.3 is 19.7 Å². The lowest BCUT2D eigenvalue weighted by Gasteiger charge is -2.34. The van der Waals surface area contributed by atoms with Crippen molar-refractivity contribution in [3.63, 3.8) is 0 Å². The lowest BCUT2D eigenvalue weighted by atomic mass is 10.3. The fourth-order valence-electron chi connectivity index (χ4n) is 3.53. The highest BCUT2D eigenvalue weighted by Gasteiger charge is 2.20. The Kier molecular flexibility index (Phi) is 7.68. The van der Waals surface area contributed by atoms with Crippen molar-refractivity contribution in [1.82, 2.24) is 15.2 Å². The zero-order valence-electron chi connectivity index (χ0n) is 18.1. The number of nitrogens with one attached hydrogen (secondary N) is 1. The second-order valence-corrected chi connectivity index (χ2v) is 8.93. The van der Waals surface area contributed by atoms with E-state index in [1.165, 1.54) is 0 Å². The van der Waals surface area contributed by atoms with Gasteiger partial charge in [-0.05, 0) is 49.4 Å². The van der Waals surface area contributed by atoms with E-state index in [4.69, 9.17) is 26.1 Å². The summed E-state index contributed by atoms with van der Waals surface area (Å²) in [7, 11) is 0. The van der Waals surface area contributed by atoms with Crippen molar-refractivity contribution >= 4 is 44.2 Å². The van der Waals surface area contributed by atoms with Crippen molar-refractivity contribution in [2.45, 2.75) is 6.92 Å². The van der Waals surface area contributed by atoms with Gasteiger partial charge in [-0.2, -0.15) is 0 Å². The number of piperazine rings is 1. The van der Waals surface area contributed by atoms with Crippen LogP contribution in [0.3, 0.4) is 0 Å². The number of amides is 1. The van der Waals surface area contributed by atoms with E-state index in [0.29, 0.717) is 23.9 Å². The quantitative estimate of drug-likeness (QED) is 0.510. The highest BCUT2D eigenvalue weighted by atomic mass is 35.5. The summed E-state index contributed by atoms with van der Waals surface area (Å²) in [5, 5.41) is 4.62. The van der Waals surface area contributed by atoms with E-state index >= 15 is 0 Å². The topological polar surface area (TPSA) is 66.9 Å². The van der Waals surface area contributed by atoms with E-state index in [9.17, 15) is 4.79 Å². The average molecular weight is 475 g/mol. The van der Waals surface area contributed by atoms with Crippen LogP contribution < -0.4 is 19.7 Å². The second-order valence-electron chi connectivity index (χ2n) is 7.48. The van der Waals surface area contributed by atoms with E-state index in [1.54, 1.807) is 35.6 Å². The molecule has 0 aliphatic carbocycles. The van der Waals surface area contributed by atoms with Crippen LogP contribution in [0.25, 0.3) is 10.2 Å². The van der Waals surface area contributed by atoms with Crippen molar-refractivity contribution < 1.29 is 14.3 Å². The molecule has 1 saturated heterocycles. The maximum Gasteiger partial charge on any atom is 0.257 e. The summed E-state index contributed by atoms with van der Waals surface area (Å²) in [6.07, 6.45) is 0. The first-order chi connectivity index (χ1) is 15.6. The van der Waals surface area contributed by atoms with Gasteiger partial charge in [-0.25, -0.2) is 4.98 Å². The number of ether oxygens (including phenoxy) is 2. The van der Waals surface area contributed by atoms with Crippen LogP contribution in [0.15, 0.2) is 42.5 Å². The van der Waals surface area contributed by atoms with E-state index in [-0.39, 0.29) is 12.5 Å².